The molecule has 4 heteroatoms. The van der Waals surface area contributed by atoms with E-state index >= 15 is 0 Å². The summed E-state index contributed by atoms with van der Waals surface area (Å²) >= 11 is 5.69. The number of phenols is 1. The Morgan fingerprint density at radius 2 is 2.00 bits per heavy atom. The molecule has 0 aliphatic heterocycles. The molecule has 0 heterocycles. The highest BCUT2D eigenvalue weighted by molar-refractivity contribution is 6.31. The second-order valence-electron chi connectivity index (χ2n) is 3.52. The van der Waals surface area contributed by atoms with Gasteiger partial charge in [0.25, 0.3) is 0 Å². The highest BCUT2D eigenvalue weighted by Gasteiger charge is 2.10. The maximum Gasteiger partial charge on any atom is 0.145 e. The summed E-state index contributed by atoms with van der Waals surface area (Å²) in [6.45, 7) is 0. The third kappa shape index (κ3) is 2.34. The van der Waals surface area contributed by atoms with Crippen molar-refractivity contribution in [2.75, 3.05) is 7.11 Å². The molecule has 2 aromatic rings. The standard InChI is InChI=1S/C13H10ClFO2/c1-17-9-4-2-3-8(5-9)10-6-11(14)12(15)7-13(10)16/h2-7,16H,1H3. The largest absolute Gasteiger partial charge is 0.507 e. The molecule has 0 saturated heterocycles. The number of aromatic hydroxyl groups is 1. The van der Waals surface area contributed by atoms with Crippen LogP contribution in [0, 0.1) is 5.82 Å². The second kappa shape index (κ2) is 4.63. The molecule has 0 unspecified atom stereocenters. The Balaban J connectivity index is 2.56. The van der Waals surface area contributed by atoms with E-state index in [-0.39, 0.29) is 10.8 Å². The molecule has 2 aromatic carbocycles. The third-order valence-corrected chi connectivity index (χ3v) is 2.71. The minimum atomic E-state index is -0.643. The minimum absolute atomic E-state index is 0.0272. The van der Waals surface area contributed by atoms with Crippen LogP contribution in [-0.4, -0.2) is 12.2 Å². The van der Waals surface area contributed by atoms with E-state index in [1.807, 2.05) is 0 Å². The quantitative estimate of drug-likeness (QED) is 0.879. The van der Waals surface area contributed by atoms with Gasteiger partial charge < -0.3 is 9.84 Å². The van der Waals surface area contributed by atoms with Crippen molar-refractivity contribution in [2.45, 2.75) is 0 Å². The zero-order valence-electron chi connectivity index (χ0n) is 9.08. The van der Waals surface area contributed by atoms with Crippen LogP contribution >= 0.6 is 11.6 Å². The first-order chi connectivity index (χ1) is 8.11. The number of methoxy groups -OCH3 is 1. The highest BCUT2D eigenvalue weighted by atomic mass is 35.5. The van der Waals surface area contributed by atoms with Crippen LogP contribution in [0.5, 0.6) is 11.5 Å². The van der Waals surface area contributed by atoms with Crippen LogP contribution in [0.3, 0.4) is 0 Å². The number of phenolic OH excluding ortho intramolecular Hbond substituents is 1. The van der Waals surface area contributed by atoms with Crippen molar-refractivity contribution in [2.24, 2.45) is 0 Å². The fourth-order valence-electron chi connectivity index (χ4n) is 1.56. The summed E-state index contributed by atoms with van der Waals surface area (Å²) in [7, 11) is 1.55. The molecular formula is C13H10ClFO2. The summed E-state index contributed by atoms with van der Waals surface area (Å²) in [6.07, 6.45) is 0. The van der Waals surface area contributed by atoms with E-state index < -0.39 is 5.82 Å². The SMILES string of the molecule is COc1cccc(-c2cc(Cl)c(F)cc2O)c1. The van der Waals surface area contributed by atoms with Gasteiger partial charge in [-0.2, -0.15) is 0 Å². The lowest BCUT2D eigenvalue weighted by molar-refractivity contribution is 0.415. The van der Waals surface area contributed by atoms with E-state index in [1.54, 1.807) is 31.4 Å². The molecule has 0 aliphatic rings. The average molecular weight is 253 g/mol. The summed E-state index contributed by atoms with van der Waals surface area (Å²) in [5.74, 6) is -0.140. The van der Waals surface area contributed by atoms with Crippen LogP contribution < -0.4 is 4.74 Å². The topological polar surface area (TPSA) is 29.5 Å². The average Bonchev–Trinajstić information content (AvgIpc) is 2.34. The molecule has 0 saturated carbocycles. The monoisotopic (exact) mass is 252 g/mol. The van der Waals surface area contributed by atoms with Gasteiger partial charge >= 0.3 is 0 Å². The summed E-state index contributed by atoms with van der Waals surface area (Å²) in [4.78, 5) is 0. The van der Waals surface area contributed by atoms with Crippen molar-refractivity contribution in [3.8, 4) is 22.6 Å². The Morgan fingerprint density at radius 1 is 1.24 bits per heavy atom. The van der Waals surface area contributed by atoms with Gasteiger partial charge in [0.1, 0.15) is 17.3 Å². The number of hydrogen-bond acceptors (Lipinski definition) is 2. The van der Waals surface area contributed by atoms with E-state index in [2.05, 4.69) is 0 Å². The number of rotatable bonds is 2. The molecule has 1 N–H and O–H groups in total. The lowest BCUT2D eigenvalue weighted by Gasteiger charge is -2.08. The number of halogens is 2. The summed E-state index contributed by atoms with van der Waals surface area (Å²) in [5.41, 5.74) is 1.18. The van der Waals surface area contributed by atoms with Crippen molar-refractivity contribution in [3.05, 3.63) is 47.2 Å². The zero-order valence-corrected chi connectivity index (χ0v) is 9.83. The molecule has 0 spiro atoms. The molecule has 0 fully saturated rings. The molecule has 0 radical (unpaired) electrons. The van der Waals surface area contributed by atoms with Crippen LogP contribution in [0.1, 0.15) is 0 Å². The molecule has 0 aromatic heterocycles. The predicted molar refractivity (Wildman–Crippen MR) is 65.1 cm³/mol. The Morgan fingerprint density at radius 3 is 2.71 bits per heavy atom. The number of benzene rings is 2. The van der Waals surface area contributed by atoms with Crippen LogP contribution in [0.4, 0.5) is 4.39 Å². The summed E-state index contributed by atoms with van der Waals surface area (Å²) in [6, 6.07) is 9.48. The van der Waals surface area contributed by atoms with Gasteiger partial charge in [-0.25, -0.2) is 4.39 Å². The van der Waals surface area contributed by atoms with Crippen molar-refractivity contribution >= 4 is 11.6 Å². The zero-order chi connectivity index (χ0) is 12.4. The van der Waals surface area contributed by atoms with Gasteiger partial charge in [0, 0.05) is 11.6 Å². The highest BCUT2D eigenvalue weighted by Crippen LogP contribution is 2.34. The lowest BCUT2D eigenvalue weighted by Crippen LogP contribution is -1.86. The summed E-state index contributed by atoms with van der Waals surface area (Å²) < 4.78 is 18.2. The number of ether oxygens (including phenoxy) is 1. The van der Waals surface area contributed by atoms with Crippen LogP contribution in [-0.2, 0) is 0 Å². The van der Waals surface area contributed by atoms with Gasteiger partial charge in [0.2, 0.25) is 0 Å². The van der Waals surface area contributed by atoms with Gasteiger partial charge in [-0.1, -0.05) is 23.7 Å². The Hall–Kier alpha value is -1.74. The third-order valence-electron chi connectivity index (χ3n) is 2.42. The van der Waals surface area contributed by atoms with Crippen LogP contribution in [0.15, 0.2) is 36.4 Å². The molecule has 0 bridgehead atoms. The maximum absolute atomic E-state index is 13.1. The predicted octanol–water partition coefficient (Wildman–Crippen LogP) is 3.86. The molecule has 2 rings (SSSR count). The van der Waals surface area contributed by atoms with Crippen molar-refractivity contribution < 1.29 is 14.2 Å². The molecule has 2 nitrogen and oxygen atoms in total. The van der Waals surface area contributed by atoms with Gasteiger partial charge in [-0.15, -0.1) is 0 Å². The normalized spacial score (nSPS) is 10.3. The summed E-state index contributed by atoms with van der Waals surface area (Å²) in [5, 5.41) is 9.67. The first-order valence-corrected chi connectivity index (χ1v) is 5.32. The molecule has 17 heavy (non-hydrogen) atoms. The van der Waals surface area contributed by atoms with Crippen LogP contribution in [0.2, 0.25) is 5.02 Å². The lowest BCUT2D eigenvalue weighted by atomic mass is 10.0. The smallest absolute Gasteiger partial charge is 0.145 e. The van der Waals surface area contributed by atoms with Gasteiger partial charge in [-0.05, 0) is 23.8 Å². The van der Waals surface area contributed by atoms with Gasteiger partial charge in [0.05, 0.1) is 12.1 Å². The molecular weight excluding hydrogens is 243 g/mol. The first kappa shape index (κ1) is 11.7. The van der Waals surface area contributed by atoms with Gasteiger partial charge in [-0.3, -0.25) is 0 Å². The van der Waals surface area contributed by atoms with E-state index in [1.165, 1.54) is 6.07 Å². The van der Waals surface area contributed by atoms with Gasteiger partial charge in [0.15, 0.2) is 0 Å². The van der Waals surface area contributed by atoms with Crippen molar-refractivity contribution in [3.63, 3.8) is 0 Å². The Bertz CT molecular complexity index is 555. The molecule has 0 aliphatic carbocycles. The van der Waals surface area contributed by atoms with E-state index in [4.69, 9.17) is 16.3 Å². The van der Waals surface area contributed by atoms with E-state index in [0.717, 1.165) is 6.07 Å². The Kier molecular flexibility index (Phi) is 3.20. The molecule has 0 atom stereocenters. The van der Waals surface area contributed by atoms with Crippen molar-refractivity contribution in [1.82, 2.24) is 0 Å². The fraction of sp³-hybridized carbons (Fsp3) is 0.0769. The van der Waals surface area contributed by atoms with Crippen LogP contribution in [0.25, 0.3) is 11.1 Å². The Labute approximate surface area is 103 Å². The van der Waals surface area contributed by atoms with E-state index in [9.17, 15) is 9.50 Å². The molecule has 0 amide bonds. The maximum atomic E-state index is 13.1. The van der Waals surface area contributed by atoms with Crippen molar-refractivity contribution in [1.29, 1.82) is 0 Å². The minimum Gasteiger partial charge on any atom is -0.507 e. The first-order valence-electron chi connectivity index (χ1n) is 4.94. The van der Waals surface area contributed by atoms with E-state index in [0.29, 0.717) is 16.9 Å². The number of hydrogen-bond donors (Lipinski definition) is 1. The second-order valence-corrected chi connectivity index (χ2v) is 3.92. The fourth-order valence-corrected chi connectivity index (χ4v) is 1.72. The molecule has 88 valence electrons.